The molecule has 0 saturated heterocycles. The van der Waals surface area contributed by atoms with Gasteiger partial charge >= 0.3 is 0 Å². The van der Waals surface area contributed by atoms with Crippen LogP contribution in [0.4, 0.5) is 10.1 Å². The molecule has 0 saturated carbocycles. The van der Waals surface area contributed by atoms with Crippen molar-refractivity contribution in [1.29, 1.82) is 0 Å². The number of amides is 1. The number of carbonyl (C=O) groups is 1. The molecule has 3 rings (SSSR count). The molecule has 0 unspecified atom stereocenters. The summed E-state index contributed by atoms with van der Waals surface area (Å²) < 4.78 is 45.2. The van der Waals surface area contributed by atoms with Crippen molar-refractivity contribution in [2.24, 2.45) is 0 Å². The molecular weight excluding hydrogens is 511 g/mol. The van der Waals surface area contributed by atoms with Gasteiger partial charge in [0.05, 0.1) is 11.9 Å². The van der Waals surface area contributed by atoms with E-state index in [1.165, 1.54) is 17.8 Å². The first-order valence-electron chi connectivity index (χ1n) is 10.8. The summed E-state index contributed by atoms with van der Waals surface area (Å²) in [4.78, 5) is 12.4. The van der Waals surface area contributed by atoms with Crippen LogP contribution in [0.3, 0.4) is 0 Å². The SMILES string of the molecule is CS(=O)(=O)N(CC(=O)NCCSCc1c(F)cccc1Cl)c1ccc(OCc2ccccc2)cc1. The molecule has 1 N–H and O–H groups in total. The molecule has 0 aromatic heterocycles. The van der Waals surface area contributed by atoms with E-state index in [4.69, 9.17) is 16.3 Å². The summed E-state index contributed by atoms with van der Waals surface area (Å²) in [5.74, 6) is 0.666. The molecule has 0 heterocycles. The van der Waals surface area contributed by atoms with E-state index in [9.17, 15) is 17.6 Å². The highest BCUT2D eigenvalue weighted by Crippen LogP contribution is 2.24. The molecule has 10 heteroatoms. The Balaban J connectivity index is 1.49. The van der Waals surface area contributed by atoms with Gasteiger partial charge in [-0.05, 0) is 42.0 Å². The first-order chi connectivity index (χ1) is 16.7. The molecule has 0 atom stereocenters. The van der Waals surface area contributed by atoms with Gasteiger partial charge in [0, 0.05) is 28.6 Å². The van der Waals surface area contributed by atoms with Crippen LogP contribution in [0.5, 0.6) is 5.75 Å². The second-order valence-electron chi connectivity index (χ2n) is 7.64. The van der Waals surface area contributed by atoms with Gasteiger partial charge in [-0.3, -0.25) is 9.10 Å². The molecular formula is C25H26ClFN2O4S2. The van der Waals surface area contributed by atoms with Crippen molar-refractivity contribution < 1.29 is 22.3 Å². The lowest BCUT2D eigenvalue weighted by atomic mass is 10.2. The average Bonchev–Trinajstić information content (AvgIpc) is 2.83. The summed E-state index contributed by atoms with van der Waals surface area (Å²) in [6.07, 6.45) is 1.05. The van der Waals surface area contributed by atoms with Crippen molar-refractivity contribution in [2.75, 3.05) is 29.4 Å². The second kappa shape index (κ2) is 12.8. The monoisotopic (exact) mass is 536 g/mol. The van der Waals surface area contributed by atoms with Crippen molar-refractivity contribution >= 4 is 45.0 Å². The minimum absolute atomic E-state index is 0.305. The Morgan fingerprint density at radius 2 is 1.77 bits per heavy atom. The third-order valence-corrected chi connectivity index (χ3v) is 7.42. The molecule has 0 aliphatic rings. The molecule has 35 heavy (non-hydrogen) atoms. The van der Waals surface area contributed by atoms with Gasteiger partial charge in [0.1, 0.15) is 24.7 Å². The number of benzene rings is 3. The van der Waals surface area contributed by atoms with Crippen LogP contribution in [0.1, 0.15) is 11.1 Å². The Labute approximate surface area is 214 Å². The number of hydrogen-bond acceptors (Lipinski definition) is 5. The second-order valence-corrected chi connectivity index (χ2v) is 11.1. The van der Waals surface area contributed by atoms with Crippen LogP contribution in [0.25, 0.3) is 0 Å². The molecule has 0 aliphatic heterocycles. The van der Waals surface area contributed by atoms with Gasteiger partial charge in [0.15, 0.2) is 0 Å². The van der Waals surface area contributed by atoms with Crippen LogP contribution in [0.2, 0.25) is 5.02 Å². The maximum atomic E-state index is 13.8. The standard InChI is InChI=1S/C25H26ClFN2O4S2/c1-35(31,32)29(20-10-12-21(13-11-20)33-17-19-6-3-2-4-7-19)16-25(30)28-14-15-34-18-22-23(26)8-5-9-24(22)27/h2-13H,14-18H2,1H3,(H,28,30). The zero-order valence-electron chi connectivity index (χ0n) is 19.1. The van der Waals surface area contributed by atoms with Gasteiger partial charge in [0.25, 0.3) is 0 Å². The fourth-order valence-corrected chi connectivity index (χ4v) is 5.20. The molecule has 3 aromatic rings. The molecule has 186 valence electrons. The summed E-state index contributed by atoms with van der Waals surface area (Å²) in [6.45, 7) is 0.339. The largest absolute Gasteiger partial charge is 0.489 e. The highest BCUT2D eigenvalue weighted by molar-refractivity contribution is 7.98. The van der Waals surface area contributed by atoms with E-state index < -0.39 is 15.9 Å². The molecule has 3 aromatic carbocycles. The van der Waals surface area contributed by atoms with Gasteiger partial charge in [0.2, 0.25) is 15.9 Å². The maximum absolute atomic E-state index is 13.8. The van der Waals surface area contributed by atoms with Gasteiger partial charge in [-0.15, -0.1) is 0 Å². The van der Waals surface area contributed by atoms with Crippen LogP contribution >= 0.6 is 23.4 Å². The first kappa shape index (κ1) is 26.8. The van der Waals surface area contributed by atoms with Gasteiger partial charge in [-0.25, -0.2) is 12.8 Å². The Morgan fingerprint density at radius 3 is 2.43 bits per heavy atom. The van der Waals surface area contributed by atoms with E-state index in [0.29, 0.717) is 46.7 Å². The first-order valence-corrected chi connectivity index (χ1v) is 14.1. The van der Waals surface area contributed by atoms with Crippen molar-refractivity contribution in [1.82, 2.24) is 5.32 Å². The Morgan fingerprint density at radius 1 is 1.06 bits per heavy atom. The number of halogens is 2. The zero-order chi connectivity index (χ0) is 25.3. The highest BCUT2D eigenvalue weighted by atomic mass is 35.5. The smallest absolute Gasteiger partial charge is 0.240 e. The van der Waals surface area contributed by atoms with E-state index in [-0.39, 0.29) is 12.4 Å². The summed E-state index contributed by atoms with van der Waals surface area (Å²) >= 11 is 7.43. The average molecular weight is 537 g/mol. The van der Waals surface area contributed by atoms with Crippen LogP contribution in [-0.2, 0) is 27.2 Å². The minimum Gasteiger partial charge on any atom is -0.489 e. The molecule has 0 spiro atoms. The number of nitrogens with one attached hydrogen (secondary N) is 1. The number of thioether (sulfide) groups is 1. The number of rotatable bonds is 12. The van der Waals surface area contributed by atoms with Gasteiger partial charge in [-0.1, -0.05) is 48.0 Å². The van der Waals surface area contributed by atoms with Crippen molar-refractivity contribution in [3.63, 3.8) is 0 Å². The Kier molecular flexibility index (Phi) is 9.83. The van der Waals surface area contributed by atoms with E-state index in [0.717, 1.165) is 16.1 Å². The molecule has 0 bridgehead atoms. The van der Waals surface area contributed by atoms with Crippen molar-refractivity contribution in [2.45, 2.75) is 12.4 Å². The number of ether oxygens (including phenoxy) is 1. The predicted molar refractivity (Wildman–Crippen MR) is 140 cm³/mol. The number of sulfonamides is 1. The van der Waals surface area contributed by atoms with Gasteiger partial charge < -0.3 is 10.1 Å². The maximum Gasteiger partial charge on any atom is 0.240 e. The lowest BCUT2D eigenvalue weighted by Gasteiger charge is -2.22. The van der Waals surface area contributed by atoms with E-state index >= 15 is 0 Å². The van der Waals surface area contributed by atoms with Crippen LogP contribution in [0, 0.1) is 5.82 Å². The predicted octanol–water partition coefficient (Wildman–Crippen LogP) is 4.87. The third-order valence-electron chi connectivity index (χ3n) is 4.94. The van der Waals surface area contributed by atoms with E-state index in [2.05, 4.69) is 5.32 Å². The fraction of sp³-hybridized carbons (Fsp3) is 0.240. The quantitative estimate of drug-likeness (QED) is 0.334. The minimum atomic E-state index is -3.69. The number of carbonyl (C=O) groups excluding carboxylic acids is 1. The molecule has 6 nitrogen and oxygen atoms in total. The van der Waals surface area contributed by atoms with Crippen LogP contribution in [-0.4, -0.2) is 39.4 Å². The number of hydrogen-bond donors (Lipinski definition) is 1. The third kappa shape index (κ3) is 8.45. The van der Waals surface area contributed by atoms with Crippen LogP contribution < -0.4 is 14.4 Å². The summed E-state index contributed by atoms with van der Waals surface area (Å²) in [5.41, 5.74) is 1.80. The summed E-state index contributed by atoms with van der Waals surface area (Å²) in [6, 6.07) is 20.7. The van der Waals surface area contributed by atoms with Crippen molar-refractivity contribution in [3.05, 3.63) is 94.8 Å². The zero-order valence-corrected chi connectivity index (χ0v) is 21.5. The van der Waals surface area contributed by atoms with Crippen LogP contribution in [0.15, 0.2) is 72.8 Å². The molecule has 0 radical (unpaired) electrons. The molecule has 1 amide bonds. The lowest BCUT2D eigenvalue weighted by molar-refractivity contribution is -0.119. The summed E-state index contributed by atoms with van der Waals surface area (Å²) in [7, 11) is -3.69. The molecule has 0 fully saturated rings. The number of nitrogens with zero attached hydrogens (tertiary/aromatic N) is 1. The molecule has 0 aliphatic carbocycles. The fourth-order valence-electron chi connectivity index (χ4n) is 3.14. The topological polar surface area (TPSA) is 75.7 Å². The normalized spacial score (nSPS) is 11.2. The lowest BCUT2D eigenvalue weighted by Crippen LogP contribution is -2.41. The summed E-state index contributed by atoms with van der Waals surface area (Å²) in [5, 5.41) is 3.07. The highest BCUT2D eigenvalue weighted by Gasteiger charge is 2.20. The van der Waals surface area contributed by atoms with E-state index in [1.54, 1.807) is 36.4 Å². The Hall–Kier alpha value is -2.75. The number of anilines is 1. The Bertz CT molecular complexity index is 1210. The van der Waals surface area contributed by atoms with Crippen molar-refractivity contribution in [3.8, 4) is 5.75 Å². The van der Waals surface area contributed by atoms with E-state index in [1.807, 2.05) is 30.3 Å². The van der Waals surface area contributed by atoms with Gasteiger partial charge in [-0.2, -0.15) is 11.8 Å².